The van der Waals surface area contributed by atoms with E-state index in [1.54, 1.807) is 0 Å². The van der Waals surface area contributed by atoms with Crippen LogP contribution < -0.4 is 0 Å². The smallest absolute Gasteiger partial charge is 0.0571 e. The number of methoxy groups -OCH3 is 1. The van der Waals surface area contributed by atoms with Gasteiger partial charge in [-0.05, 0) is 38.0 Å². The zero-order valence-electron chi connectivity index (χ0n) is 8.92. The van der Waals surface area contributed by atoms with Gasteiger partial charge in [0.05, 0.1) is 6.10 Å². The summed E-state index contributed by atoms with van der Waals surface area (Å²) in [6, 6.07) is 0. The van der Waals surface area contributed by atoms with Crippen LogP contribution in [0.2, 0.25) is 0 Å². The van der Waals surface area contributed by atoms with Gasteiger partial charge in [0.2, 0.25) is 0 Å². The molecule has 2 heteroatoms. The van der Waals surface area contributed by atoms with E-state index in [2.05, 4.69) is 6.92 Å². The summed E-state index contributed by atoms with van der Waals surface area (Å²) in [5, 5.41) is 0. The van der Waals surface area contributed by atoms with E-state index in [0.29, 0.717) is 6.10 Å². The average molecular weight is 186 g/mol. The van der Waals surface area contributed by atoms with Crippen molar-refractivity contribution in [2.75, 3.05) is 20.3 Å². The van der Waals surface area contributed by atoms with Gasteiger partial charge in [-0.15, -0.1) is 0 Å². The Bertz CT molecular complexity index is 115. The normalized spacial score (nSPS) is 29.1. The average Bonchev–Trinajstić information content (AvgIpc) is 2.19. The third-order valence-electron chi connectivity index (χ3n) is 2.83. The molecule has 0 spiro atoms. The summed E-state index contributed by atoms with van der Waals surface area (Å²) >= 11 is 0. The van der Waals surface area contributed by atoms with Crippen LogP contribution in [-0.4, -0.2) is 26.4 Å². The fraction of sp³-hybridized carbons (Fsp3) is 1.00. The van der Waals surface area contributed by atoms with Gasteiger partial charge in [0, 0.05) is 20.3 Å². The SMILES string of the molecule is CCCOC[C@H]1CC[C@H](OC)CC1. The molecule has 1 fully saturated rings. The van der Waals surface area contributed by atoms with Gasteiger partial charge in [0.25, 0.3) is 0 Å². The van der Waals surface area contributed by atoms with Crippen molar-refractivity contribution in [1.82, 2.24) is 0 Å². The van der Waals surface area contributed by atoms with Gasteiger partial charge < -0.3 is 9.47 Å². The highest BCUT2D eigenvalue weighted by Gasteiger charge is 2.20. The van der Waals surface area contributed by atoms with E-state index >= 15 is 0 Å². The molecule has 13 heavy (non-hydrogen) atoms. The Morgan fingerprint density at radius 3 is 2.38 bits per heavy atom. The first-order valence-corrected chi connectivity index (χ1v) is 5.47. The second-order valence-electron chi connectivity index (χ2n) is 3.95. The van der Waals surface area contributed by atoms with Crippen molar-refractivity contribution in [2.45, 2.75) is 45.1 Å². The molecule has 0 radical (unpaired) electrons. The summed E-state index contributed by atoms with van der Waals surface area (Å²) in [5.41, 5.74) is 0. The zero-order valence-corrected chi connectivity index (χ0v) is 8.92. The molecule has 1 saturated carbocycles. The van der Waals surface area contributed by atoms with Crippen molar-refractivity contribution in [2.24, 2.45) is 5.92 Å². The lowest BCUT2D eigenvalue weighted by Crippen LogP contribution is -2.23. The Balaban J connectivity index is 2.03. The van der Waals surface area contributed by atoms with Crippen LogP contribution in [0.4, 0.5) is 0 Å². The monoisotopic (exact) mass is 186 g/mol. The molecule has 0 heterocycles. The molecule has 0 aromatic rings. The van der Waals surface area contributed by atoms with E-state index in [9.17, 15) is 0 Å². The van der Waals surface area contributed by atoms with E-state index < -0.39 is 0 Å². The molecule has 1 aliphatic carbocycles. The molecule has 0 atom stereocenters. The first-order chi connectivity index (χ1) is 6.36. The van der Waals surface area contributed by atoms with E-state index in [4.69, 9.17) is 9.47 Å². The number of rotatable bonds is 5. The molecule has 1 aliphatic rings. The Morgan fingerprint density at radius 1 is 1.15 bits per heavy atom. The maximum absolute atomic E-state index is 5.55. The summed E-state index contributed by atoms with van der Waals surface area (Å²) in [6.45, 7) is 4.04. The maximum Gasteiger partial charge on any atom is 0.0571 e. The van der Waals surface area contributed by atoms with E-state index in [-0.39, 0.29) is 0 Å². The third-order valence-corrected chi connectivity index (χ3v) is 2.83. The van der Waals surface area contributed by atoms with Gasteiger partial charge in [-0.25, -0.2) is 0 Å². The first-order valence-electron chi connectivity index (χ1n) is 5.47. The zero-order chi connectivity index (χ0) is 9.52. The number of ether oxygens (including phenoxy) is 2. The molecule has 0 aromatic heterocycles. The van der Waals surface area contributed by atoms with Gasteiger partial charge in [-0.1, -0.05) is 6.92 Å². The summed E-state index contributed by atoms with van der Waals surface area (Å²) in [6.07, 6.45) is 6.65. The van der Waals surface area contributed by atoms with Gasteiger partial charge in [-0.3, -0.25) is 0 Å². The summed E-state index contributed by atoms with van der Waals surface area (Å²) < 4.78 is 10.9. The van der Waals surface area contributed by atoms with E-state index in [1.165, 1.54) is 25.7 Å². The van der Waals surface area contributed by atoms with E-state index in [0.717, 1.165) is 25.6 Å². The lowest BCUT2D eigenvalue weighted by atomic mass is 9.88. The van der Waals surface area contributed by atoms with E-state index in [1.807, 2.05) is 7.11 Å². The van der Waals surface area contributed by atoms with Crippen LogP contribution in [0.25, 0.3) is 0 Å². The van der Waals surface area contributed by atoms with Gasteiger partial charge in [0.15, 0.2) is 0 Å². The Kier molecular flexibility index (Phi) is 5.40. The molecular formula is C11H22O2. The molecular weight excluding hydrogens is 164 g/mol. The fourth-order valence-electron chi connectivity index (χ4n) is 1.93. The molecule has 0 aromatic carbocycles. The standard InChI is InChI=1S/C11H22O2/c1-3-8-13-9-10-4-6-11(12-2)7-5-10/h10-11H,3-9H2,1-2H3/t10-,11-. The molecule has 2 nitrogen and oxygen atoms in total. The quantitative estimate of drug-likeness (QED) is 0.614. The van der Waals surface area contributed by atoms with Crippen LogP contribution in [0, 0.1) is 5.92 Å². The summed E-state index contributed by atoms with van der Waals surface area (Å²) in [7, 11) is 1.82. The number of hydrogen-bond donors (Lipinski definition) is 0. The summed E-state index contributed by atoms with van der Waals surface area (Å²) in [4.78, 5) is 0. The minimum absolute atomic E-state index is 0.516. The van der Waals surface area contributed by atoms with Gasteiger partial charge in [0.1, 0.15) is 0 Å². The van der Waals surface area contributed by atoms with Crippen molar-refractivity contribution >= 4 is 0 Å². The van der Waals surface area contributed by atoms with Crippen molar-refractivity contribution in [3.63, 3.8) is 0 Å². The molecule has 0 saturated heterocycles. The highest BCUT2D eigenvalue weighted by Crippen LogP contribution is 2.25. The van der Waals surface area contributed by atoms with Crippen LogP contribution >= 0.6 is 0 Å². The summed E-state index contributed by atoms with van der Waals surface area (Å²) in [5.74, 6) is 0.790. The van der Waals surface area contributed by atoms with Gasteiger partial charge >= 0.3 is 0 Å². The van der Waals surface area contributed by atoms with Crippen LogP contribution in [0.1, 0.15) is 39.0 Å². The predicted octanol–water partition coefficient (Wildman–Crippen LogP) is 2.62. The van der Waals surface area contributed by atoms with Crippen molar-refractivity contribution in [3.05, 3.63) is 0 Å². The molecule has 0 amide bonds. The highest BCUT2D eigenvalue weighted by molar-refractivity contribution is 4.72. The second kappa shape index (κ2) is 6.39. The Hall–Kier alpha value is -0.0800. The van der Waals surface area contributed by atoms with Crippen molar-refractivity contribution in [1.29, 1.82) is 0 Å². The largest absolute Gasteiger partial charge is 0.381 e. The topological polar surface area (TPSA) is 18.5 Å². The third kappa shape index (κ3) is 4.10. The van der Waals surface area contributed by atoms with Crippen molar-refractivity contribution < 1.29 is 9.47 Å². The van der Waals surface area contributed by atoms with Crippen LogP contribution in [0.5, 0.6) is 0 Å². The maximum atomic E-state index is 5.55. The minimum Gasteiger partial charge on any atom is -0.381 e. The molecule has 0 bridgehead atoms. The fourth-order valence-corrected chi connectivity index (χ4v) is 1.93. The van der Waals surface area contributed by atoms with Crippen LogP contribution in [-0.2, 0) is 9.47 Å². The van der Waals surface area contributed by atoms with Gasteiger partial charge in [-0.2, -0.15) is 0 Å². The molecule has 0 aliphatic heterocycles. The molecule has 1 rings (SSSR count). The lowest BCUT2D eigenvalue weighted by molar-refractivity contribution is 0.0284. The molecule has 78 valence electrons. The minimum atomic E-state index is 0.516. The Labute approximate surface area is 81.6 Å². The molecule has 0 unspecified atom stereocenters. The van der Waals surface area contributed by atoms with Crippen LogP contribution in [0.15, 0.2) is 0 Å². The second-order valence-corrected chi connectivity index (χ2v) is 3.95. The lowest BCUT2D eigenvalue weighted by Gasteiger charge is -2.27. The predicted molar refractivity (Wildman–Crippen MR) is 53.9 cm³/mol. The highest BCUT2D eigenvalue weighted by atomic mass is 16.5. The Morgan fingerprint density at radius 2 is 1.85 bits per heavy atom. The molecule has 0 N–H and O–H groups in total. The number of hydrogen-bond acceptors (Lipinski definition) is 2. The first kappa shape index (κ1) is 11.0. The van der Waals surface area contributed by atoms with Crippen molar-refractivity contribution in [3.8, 4) is 0 Å². The van der Waals surface area contributed by atoms with Crippen LogP contribution in [0.3, 0.4) is 0 Å².